The number of allylic oxidation sites excluding steroid dienone is 6. The summed E-state index contributed by atoms with van der Waals surface area (Å²) < 4.78 is 22.6. The molecule has 0 spiro atoms. The Morgan fingerprint density at radius 3 is 1.89 bits per heavy atom. The van der Waals surface area contributed by atoms with Gasteiger partial charge < -0.3 is 65.1 Å². The highest BCUT2D eigenvalue weighted by molar-refractivity contribution is 5.76. The van der Waals surface area contributed by atoms with Crippen LogP contribution in [-0.2, 0) is 23.7 Å². The van der Waals surface area contributed by atoms with Gasteiger partial charge >= 0.3 is 0 Å². The first-order valence-corrected chi connectivity index (χ1v) is 21.2. The number of aliphatic hydroxyl groups excluding tert-OH is 8. The SMILES string of the molecule is CC/C=C\C/C=C\C/C=C\CCCCCCCC(=O)NC(COC1OC(CO)C(OC2OC(CO)C(O)C(O)C2O)C(O)C1O)C(O)CCCCCCCCC. The van der Waals surface area contributed by atoms with Crippen molar-refractivity contribution >= 4 is 5.91 Å². The molecule has 14 heteroatoms. The minimum atomic E-state index is -1.78. The summed E-state index contributed by atoms with van der Waals surface area (Å²) in [4.78, 5) is 13.0. The van der Waals surface area contributed by atoms with Gasteiger partial charge in [-0.15, -0.1) is 0 Å². The van der Waals surface area contributed by atoms with Crippen molar-refractivity contribution in [2.24, 2.45) is 0 Å². The molecule has 0 aromatic rings. The number of carbonyl (C=O) groups is 1. The molecule has 12 unspecified atom stereocenters. The predicted octanol–water partition coefficient (Wildman–Crippen LogP) is 3.20. The first kappa shape index (κ1) is 50.4. The number of nitrogens with one attached hydrogen (secondary N) is 1. The normalized spacial score (nSPS) is 29.8. The van der Waals surface area contributed by atoms with Gasteiger partial charge in [0.25, 0.3) is 0 Å². The third-order valence-corrected chi connectivity index (χ3v) is 10.4. The second-order valence-electron chi connectivity index (χ2n) is 15.1. The lowest BCUT2D eigenvalue weighted by molar-refractivity contribution is -0.359. The summed E-state index contributed by atoms with van der Waals surface area (Å²) >= 11 is 0. The van der Waals surface area contributed by atoms with Crippen LogP contribution in [0.5, 0.6) is 0 Å². The van der Waals surface area contributed by atoms with Gasteiger partial charge in [-0.3, -0.25) is 4.79 Å². The minimum absolute atomic E-state index is 0.232. The van der Waals surface area contributed by atoms with Crippen molar-refractivity contribution in [1.82, 2.24) is 5.32 Å². The fraction of sp³-hybridized carbons (Fsp3) is 0.833. The highest BCUT2D eigenvalue weighted by Gasteiger charge is 2.50. The van der Waals surface area contributed by atoms with Gasteiger partial charge in [0.1, 0.15) is 48.8 Å². The van der Waals surface area contributed by atoms with E-state index in [9.17, 15) is 45.6 Å². The zero-order valence-corrected chi connectivity index (χ0v) is 33.9. The molecule has 2 aliphatic heterocycles. The molecular formula is C42H75NO13. The van der Waals surface area contributed by atoms with Crippen molar-refractivity contribution in [3.63, 3.8) is 0 Å². The van der Waals surface area contributed by atoms with Gasteiger partial charge in [0.05, 0.1) is 32.0 Å². The van der Waals surface area contributed by atoms with E-state index in [2.05, 4.69) is 55.6 Å². The standard InChI is InChI=1S/C42H75NO13/c1-3-5-7-9-11-12-13-14-15-16-17-18-20-22-24-26-34(47)43-30(31(46)25-23-21-19-10-8-6-4-2)29-53-41-39(52)37(50)40(33(28-45)55-41)56-42-38(51)36(49)35(48)32(27-44)54-42/h5,7,11-12,14-15,30-33,35-42,44-46,48-52H,3-4,6,8-10,13,16-29H2,1-2H3,(H,43,47)/b7-5-,12-11-,15-14-. The number of hydrogen-bond donors (Lipinski definition) is 9. The van der Waals surface area contributed by atoms with Crippen LogP contribution in [0.4, 0.5) is 0 Å². The number of rotatable bonds is 30. The van der Waals surface area contributed by atoms with E-state index in [1.807, 2.05) is 0 Å². The Morgan fingerprint density at radius 2 is 1.23 bits per heavy atom. The summed E-state index contributed by atoms with van der Waals surface area (Å²) in [5.74, 6) is -0.232. The van der Waals surface area contributed by atoms with Crippen LogP contribution in [0, 0.1) is 0 Å². The number of ether oxygens (including phenoxy) is 4. The Labute approximate surface area is 334 Å². The van der Waals surface area contributed by atoms with Crippen LogP contribution in [0.1, 0.15) is 129 Å². The van der Waals surface area contributed by atoms with E-state index in [0.717, 1.165) is 83.5 Å². The van der Waals surface area contributed by atoms with Crippen LogP contribution in [0.15, 0.2) is 36.5 Å². The van der Waals surface area contributed by atoms with Crippen molar-refractivity contribution in [1.29, 1.82) is 0 Å². The number of unbranched alkanes of at least 4 members (excludes halogenated alkanes) is 11. The van der Waals surface area contributed by atoms with Crippen molar-refractivity contribution < 1.29 is 64.6 Å². The third kappa shape index (κ3) is 18.9. The van der Waals surface area contributed by atoms with Crippen molar-refractivity contribution in [2.45, 2.75) is 203 Å². The summed E-state index contributed by atoms with van der Waals surface area (Å²) in [6.45, 7) is 2.63. The zero-order valence-electron chi connectivity index (χ0n) is 33.9. The van der Waals surface area contributed by atoms with E-state index in [1.165, 1.54) is 12.8 Å². The smallest absolute Gasteiger partial charge is 0.220 e. The van der Waals surface area contributed by atoms with Crippen LogP contribution >= 0.6 is 0 Å². The Balaban J connectivity index is 1.88. The van der Waals surface area contributed by atoms with E-state index in [-0.39, 0.29) is 18.9 Å². The lowest BCUT2D eigenvalue weighted by Crippen LogP contribution is -2.65. The molecular weight excluding hydrogens is 726 g/mol. The molecule has 0 aromatic carbocycles. The molecule has 12 atom stereocenters. The summed E-state index contributed by atoms with van der Waals surface area (Å²) in [5, 5.41) is 86.2. The molecule has 0 aromatic heterocycles. The van der Waals surface area contributed by atoms with Gasteiger partial charge in [0.2, 0.25) is 5.91 Å². The van der Waals surface area contributed by atoms with Gasteiger partial charge in [-0.25, -0.2) is 0 Å². The maximum absolute atomic E-state index is 13.0. The Hall–Kier alpha value is -1.79. The number of carbonyl (C=O) groups excluding carboxylic acids is 1. The van der Waals surface area contributed by atoms with E-state index >= 15 is 0 Å². The predicted molar refractivity (Wildman–Crippen MR) is 212 cm³/mol. The summed E-state index contributed by atoms with van der Waals surface area (Å²) in [5.41, 5.74) is 0. The average molecular weight is 802 g/mol. The third-order valence-electron chi connectivity index (χ3n) is 10.4. The van der Waals surface area contributed by atoms with Crippen molar-refractivity contribution in [2.75, 3.05) is 19.8 Å². The molecule has 1 amide bonds. The molecule has 56 heavy (non-hydrogen) atoms. The van der Waals surface area contributed by atoms with Gasteiger partial charge in [0.15, 0.2) is 12.6 Å². The Bertz CT molecular complexity index is 1090. The molecule has 0 saturated carbocycles. The maximum Gasteiger partial charge on any atom is 0.220 e. The molecule has 0 aliphatic carbocycles. The first-order chi connectivity index (χ1) is 27.1. The molecule has 0 radical (unpaired) electrons. The van der Waals surface area contributed by atoms with Crippen molar-refractivity contribution in [3.05, 3.63) is 36.5 Å². The second-order valence-corrected chi connectivity index (χ2v) is 15.1. The quantitative estimate of drug-likeness (QED) is 0.0376. The van der Waals surface area contributed by atoms with Crippen LogP contribution in [0.2, 0.25) is 0 Å². The molecule has 2 saturated heterocycles. The fourth-order valence-corrected chi connectivity index (χ4v) is 6.84. The van der Waals surface area contributed by atoms with Crippen LogP contribution in [0.3, 0.4) is 0 Å². The lowest BCUT2D eigenvalue weighted by atomic mass is 9.97. The van der Waals surface area contributed by atoms with Crippen LogP contribution < -0.4 is 5.32 Å². The molecule has 326 valence electrons. The van der Waals surface area contributed by atoms with Crippen LogP contribution in [-0.4, -0.2) is 140 Å². The van der Waals surface area contributed by atoms with Gasteiger partial charge in [0, 0.05) is 6.42 Å². The van der Waals surface area contributed by atoms with E-state index in [4.69, 9.17) is 18.9 Å². The largest absolute Gasteiger partial charge is 0.394 e. The van der Waals surface area contributed by atoms with E-state index in [0.29, 0.717) is 12.8 Å². The van der Waals surface area contributed by atoms with Gasteiger partial charge in [-0.05, 0) is 44.9 Å². The topological polar surface area (TPSA) is 228 Å². The zero-order chi connectivity index (χ0) is 41.1. The summed E-state index contributed by atoms with van der Waals surface area (Å²) in [6.07, 6.45) is 13.3. The molecule has 14 nitrogen and oxygen atoms in total. The number of hydrogen-bond acceptors (Lipinski definition) is 13. The van der Waals surface area contributed by atoms with Gasteiger partial charge in [-0.1, -0.05) is 115 Å². The lowest BCUT2D eigenvalue weighted by Gasteiger charge is -2.46. The molecule has 2 fully saturated rings. The summed E-state index contributed by atoms with van der Waals surface area (Å²) in [6, 6.07) is -0.833. The highest BCUT2D eigenvalue weighted by Crippen LogP contribution is 2.30. The summed E-state index contributed by atoms with van der Waals surface area (Å²) in [7, 11) is 0. The minimum Gasteiger partial charge on any atom is -0.394 e. The first-order valence-electron chi connectivity index (χ1n) is 21.2. The maximum atomic E-state index is 13.0. The fourth-order valence-electron chi connectivity index (χ4n) is 6.84. The molecule has 2 aliphatic rings. The molecule has 0 bridgehead atoms. The monoisotopic (exact) mass is 802 g/mol. The average Bonchev–Trinajstić information content (AvgIpc) is 3.19. The number of amides is 1. The molecule has 9 N–H and O–H groups in total. The van der Waals surface area contributed by atoms with Crippen LogP contribution in [0.25, 0.3) is 0 Å². The van der Waals surface area contributed by atoms with E-state index < -0.39 is 86.8 Å². The van der Waals surface area contributed by atoms with Gasteiger partial charge in [-0.2, -0.15) is 0 Å². The Morgan fingerprint density at radius 1 is 0.661 bits per heavy atom. The highest BCUT2D eigenvalue weighted by atomic mass is 16.7. The van der Waals surface area contributed by atoms with E-state index in [1.54, 1.807) is 0 Å². The van der Waals surface area contributed by atoms with Crippen molar-refractivity contribution in [3.8, 4) is 0 Å². The molecule has 2 heterocycles. The Kier molecular flexibility index (Phi) is 27.2. The second kappa shape index (κ2) is 30.3. The number of aliphatic hydroxyl groups is 8. The molecule has 2 rings (SSSR count).